The summed E-state index contributed by atoms with van der Waals surface area (Å²) < 4.78 is 60.0. The van der Waals surface area contributed by atoms with E-state index in [1.54, 1.807) is 12.1 Å². The molecule has 1 aromatic carbocycles. The Labute approximate surface area is 216 Å². The molecule has 2 aliphatic heterocycles. The third kappa shape index (κ3) is 10.2. The highest BCUT2D eigenvalue weighted by Crippen LogP contribution is 2.18. The zero-order valence-electron chi connectivity index (χ0n) is 21.2. The number of hydrogen-bond donors (Lipinski definition) is 2. The Kier molecular flexibility index (Phi) is 12.3. The van der Waals surface area contributed by atoms with Crippen molar-refractivity contribution in [2.75, 3.05) is 58.9 Å². The average Bonchev–Trinajstić information content (AvgIpc) is 2.89. The van der Waals surface area contributed by atoms with Gasteiger partial charge in [0, 0.05) is 52.2 Å². The lowest BCUT2D eigenvalue weighted by Gasteiger charge is -2.31. The van der Waals surface area contributed by atoms with Gasteiger partial charge in [0.05, 0.1) is 4.90 Å². The quantitative estimate of drug-likeness (QED) is 0.485. The second-order valence-electron chi connectivity index (χ2n) is 8.99. The van der Waals surface area contributed by atoms with E-state index in [2.05, 4.69) is 17.1 Å². The summed E-state index contributed by atoms with van der Waals surface area (Å²) in [5, 5.41) is 10.4. The molecule has 0 radical (unpaired) electrons. The van der Waals surface area contributed by atoms with Gasteiger partial charge in [-0.1, -0.05) is 25.5 Å². The monoisotopic (exact) mass is 550 g/mol. The van der Waals surface area contributed by atoms with Crippen molar-refractivity contribution >= 4 is 21.9 Å². The first-order valence-electron chi connectivity index (χ1n) is 12.5. The molecule has 1 aromatic rings. The van der Waals surface area contributed by atoms with Crippen LogP contribution in [0.3, 0.4) is 0 Å². The number of sulfonamides is 1. The Morgan fingerprint density at radius 2 is 1.57 bits per heavy atom. The van der Waals surface area contributed by atoms with Gasteiger partial charge in [-0.25, -0.2) is 13.2 Å². The SMILES string of the molecule is CCc1ccc(S(=O)(=O)N(CCC(=O)N2CCNCC2)CCN2CCCCC2)cc1.O=C(O)C(F)(F)F. The summed E-state index contributed by atoms with van der Waals surface area (Å²) in [4.78, 5) is 26.0. The highest BCUT2D eigenvalue weighted by atomic mass is 32.2. The number of halogens is 3. The third-order valence-corrected chi connectivity index (χ3v) is 8.28. The van der Waals surface area contributed by atoms with Crippen molar-refractivity contribution in [3.63, 3.8) is 0 Å². The minimum absolute atomic E-state index is 0.0380. The van der Waals surface area contributed by atoms with Gasteiger partial charge in [0.1, 0.15) is 0 Å². The van der Waals surface area contributed by atoms with Crippen molar-refractivity contribution in [1.82, 2.24) is 19.4 Å². The number of carboxylic acids is 1. The fourth-order valence-electron chi connectivity index (χ4n) is 4.13. The highest BCUT2D eigenvalue weighted by Gasteiger charge is 2.38. The van der Waals surface area contributed by atoms with Crippen LogP contribution in [0.2, 0.25) is 0 Å². The Bertz CT molecular complexity index is 962. The maximum Gasteiger partial charge on any atom is 0.490 e. The number of amides is 1. The molecule has 0 aromatic heterocycles. The molecular formula is C24H37F3N4O5S. The van der Waals surface area contributed by atoms with Gasteiger partial charge in [0.25, 0.3) is 0 Å². The Morgan fingerprint density at radius 3 is 2.08 bits per heavy atom. The molecule has 0 saturated carbocycles. The maximum absolute atomic E-state index is 13.4. The summed E-state index contributed by atoms with van der Waals surface area (Å²) in [5.74, 6) is -2.72. The van der Waals surface area contributed by atoms with E-state index in [-0.39, 0.29) is 18.9 Å². The number of hydrogen-bond acceptors (Lipinski definition) is 6. The third-order valence-electron chi connectivity index (χ3n) is 6.37. The smallest absolute Gasteiger partial charge is 0.475 e. The lowest BCUT2D eigenvalue weighted by Crippen LogP contribution is -2.47. The molecule has 3 rings (SSSR count). The number of nitrogens with one attached hydrogen (secondary N) is 1. The minimum atomic E-state index is -5.08. The number of carbonyl (C=O) groups is 2. The Morgan fingerprint density at radius 1 is 1.00 bits per heavy atom. The number of carbonyl (C=O) groups excluding carboxylic acids is 1. The van der Waals surface area contributed by atoms with Crippen molar-refractivity contribution in [3.05, 3.63) is 29.8 Å². The van der Waals surface area contributed by atoms with Crippen LogP contribution in [0, 0.1) is 0 Å². The lowest BCUT2D eigenvalue weighted by molar-refractivity contribution is -0.192. The van der Waals surface area contributed by atoms with Gasteiger partial charge in [-0.05, 0) is 50.0 Å². The fraction of sp³-hybridized carbons (Fsp3) is 0.667. The van der Waals surface area contributed by atoms with Crippen molar-refractivity contribution in [3.8, 4) is 0 Å². The van der Waals surface area contributed by atoms with Crippen LogP contribution in [0.25, 0.3) is 0 Å². The summed E-state index contributed by atoms with van der Waals surface area (Å²) >= 11 is 0. The molecule has 1 amide bonds. The van der Waals surface area contributed by atoms with Crippen molar-refractivity contribution < 1.29 is 36.3 Å². The number of piperazine rings is 1. The largest absolute Gasteiger partial charge is 0.490 e. The van der Waals surface area contributed by atoms with Gasteiger partial charge < -0.3 is 20.2 Å². The van der Waals surface area contributed by atoms with Crippen LogP contribution in [0.1, 0.15) is 38.2 Å². The van der Waals surface area contributed by atoms with Gasteiger partial charge in [0.2, 0.25) is 15.9 Å². The van der Waals surface area contributed by atoms with Crippen molar-refractivity contribution in [2.45, 2.75) is 50.1 Å². The number of benzene rings is 1. The molecule has 210 valence electrons. The van der Waals surface area contributed by atoms with Crippen LogP contribution >= 0.6 is 0 Å². The molecular weight excluding hydrogens is 513 g/mol. The average molecular weight is 551 g/mol. The number of likely N-dealkylation sites (tertiary alicyclic amines) is 1. The Balaban J connectivity index is 0.000000604. The van der Waals surface area contributed by atoms with Gasteiger partial charge in [0.15, 0.2) is 0 Å². The first-order chi connectivity index (χ1) is 17.4. The van der Waals surface area contributed by atoms with Gasteiger partial charge >= 0.3 is 12.1 Å². The summed E-state index contributed by atoms with van der Waals surface area (Å²) in [7, 11) is -3.63. The normalized spacial score (nSPS) is 17.3. The second kappa shape index (κ2) is 14.6. The minimum Gasteiger partial charge on any atom is -0.475 e. The van der Waals surface area contributed by atoms with Gasteiger partial charge in [-0.15, -0.1) is 0 Å². The van der Waals surface area contributed by atoms with Gasteiger partial charge in [-0.3, -0.25) is 4.79 Å². The molecule has 0 aliphatic carbocycles. The van der Waals surface area contributed by atoms with E-state index in [0.717, 1.165) is 38.2 Å². The summed E-state index contributed by atoms with van der Waals surface area (Å²) in [6.07, 6.45) is -0.384. The first-order valence-corrected chi connectivity index (χ1v) is 14.0. The molecule has 13 heteroatoms. The fourth-order valence-corrected chi connectivity index (χ4v) is 5.56. The molecule has 0 bridgehead atoms. The number of rotatable bonds is 9. The van der Waals surface area contributed by atoms with E-state index in [9.17, 15) is 26.4 Å². The second-order valence-corrected chi connectivity index (χ2v) is 10.9. The molecule has 2 saturated heterocycles. The number of piperidine rings is 1. The zero-order chi connectivity index (χ0) is 27.5. The Hall–Kier alpha value is -2.22. The summed E-state index contributed by atoms with van der Waals surface area (Å²) in [5.41, 5.74) is 1.11. The zero-order valence-corrected chi connectivity index (χ0v) is 22.0. The molecule has 2 N–H and O–H groups in total. The molecule has 0 spiro atoms. The molecule has 2 heterocycles. The van der Waals surface area contributed by atoms with Gasteiger partial charge in [-0.2, -0.15) is 17.5 Å². The molecule has 9 nitrogen and oxygen atoms in total. The van der Waals surface area contributed by atoms with Crippen LogP contribution in [-0.2, 0) is 26.0 Å². The van der Waals surface area contributed by atoms with E-state index in [1.807, 2.05) is 17.0 Å². The van der Waals surface area contributed by atoms with E-state index >= 15 is 0 Å². The van der Waals surface area contributed by atoms with Crippen molar-refractivity contribution in [1.29, 1.82) is 0 Å². The number of nitrogens with zero attached hydrogens (tertiary/aromatic N) is 3. The maximum atomic E-state index is 13.4. The molecule has 2 aliphatic rings. The van der Waals surface area contributed by atoms with E-state index in [4.69, 9.17) is 9.90 Å². The van der Waals surface area contributed by atoms with Crippen LogP contribution in [0.5, 0.6) is 0 Å². The molecule has 0 unspecified atom stereocenters. The summed E-state index contributed by atoms with van der Waals surface area (Å²) in [6.45, 7) is 8.46. The molecule has 2 fully saturated rings. The lowest BCUT2D eigenvalue weighted by atomic mass is 10.1. The van der Waals surface area contributed by atoms with Crippen LogP contribution in [-0.4, -0.2) is 105 Å². The van der Waals surface area contributed by atoms with E-state index in [0.29, 0.717) is 31.1 Å². The van der Waals surface area contributed by atoms with Crippen LogP contribution in [0.15, 0.2) is 29.2 Å². The molecule has 37 heavy (non-hydrogen) atoms. The molecule has 0 atom stereocenters. The number of aliphatic carboxylic acids is 1. The predicted molar refractivity (Wildman–Crippen MR) is 133 cm³/mol. The van der Waals surface area contributed by atoms with E-state index < -0.39 is 22.2 Å². The number of aryl methyl sites for hydroxylation is 1. The number of alkyl halides is 3. The first kappa shape index (κ1) is 31.0. The predicted octanol–water partition coefficient (Wildman–Crippen LogP) is 2.18. The standard InChI is InChI=1S/C22H36N4O3S.C2HF3O2/c1-2-20-6-8-21(9-7-20)30(28,29)26(19-18-24-13-4-3-5-14-24)15-10-22(27)25-16-11-23-12-17-25;3-2(4,5)1(6)7/h6-9,23H,2-5,10-19H2,1H3;(H,6,7). The topological polar surface area (TPSA) is 110 Å². The number of carboxylic acid groups (broad SMARTS) is 1. The van der Waals surface area contributed by atoms with Crippen LogP contribution < -0.4 is 5.32 Å². The van der Waals surface area contributed by atoms with Crippen molar-refractivity contribution in [2.24, 2.45) is 0 Å². The van der Waals surface area contributed by atoms with Crippen LogP contribution in [0.4, 0.5) is 13.2 Å². The summed E-state index contributed by atoms with van der Waals surface area (Å²) in [6, 6.07) is 7.14. The highest BCUT2D eigenvalue weighted by molar-refractivity contribution is 7.89. The van der Waals surface area contributed by atoms with E-state index in [1.165, 1.54) is 23.6 Å².